The fraction of sp³-hybridized carbons (Fsp3) is 0.200. The molecule has 11 heteroatoms. The largest absolute Gasteiger partial charge is 0.462 e. The minimum Gasteiger partial charge on any atom is -0.462 e. The molecule has 0 radical (unpaired) electrons. The van der Waals surface area contributed by atoms with Crippen LogP contribution in [0.25, 0.3) is 33.7 Å². The Morgan fingerprint density at radius 2 is 1.37 bits per heavy atom. The molecule has 10 nitrogen and oxygen atoms in total. The van der Waals surface area contributed by atoms with Gasteiger partial charge < -0.3 is 18.3 Å². The zero-order valence-electron chi connectivity index (χ0n) is 22.9. The number of esters is 2. The number of ether oxygens (including phenoxy) is 2. The Bertz CT molecular complexity index is 1860. The van der Waals surface area contributed by atoms with Crippen molar-refractivity contribution in [3.63, 3.8) is 0 Å². The minimum absolute atomic E-state index is 0.341. The van der Waals surface area contributed by atoms with Crippen LogP contribution in [0.4, 0.5) is 0 Å². The number of aromatic nitrogens is 4. The molecule has 0 bridgehead atoms. The molecule has 0 fully saturated rings. The fourth-order valence-electron chi connectivity index (χ4n) is 4.25. The highest BCUT2D eigenvalue weighted by atomic mass is 79.9. The van der Waals surface area contributed by atoms with E-state index >= 15 is 0 Å². The van der Waals surface area contributed by atoms with Crippen LogP contribution >= 0.6 is 15.9 Å². The Morgan fingerprint density at radius 3 is 1.95 bits per heavy atom. The number of furan rings is 2. The van der Waals surface area contributed by atoms with Gasteiger partial charge >= 0.3 is 11.9 Å². The monoisotopic (exact) mass is 618 g/mol. The lowest BCUT2D eigenvalue weighted by atomic mass is 10.1. The first-order valence-electron chi connectivity index (χ1n) is 12.9. The highest BCUT2D eigenvalue weighted by Crippen LogP contribution is 2.29. The third-order valence-electron chi connectivity index (χ3n) is 6.27. The number of fused-ring (bicyclic) bond motifs is 2. The van der Waals surface area contributed by atoms with Crippen LogP contribution in [0.1, 0.15) is 46.1 Å². The molecule has 0 N–H and O–H groups in total. The van der Waals surface area contributed by atoms with Crippen molar-refractivity contribution in [3.05, 3.63) is 94.4 Å². The van der Waals surface area contributed by atoms with E-state index < -0.39 is 0 Å². The lowest BCUT2D eigenvalue weighted by molar-refractivity contribution is 0.0514. The van der Waals surface area contributed by atoms with E-state index in [-0.39, 0.29) is 11.9 Å². The molecule has 6 heterocycles. The summed E-state index contributed by atoms with van der Waals surface area (Å²) in [5.74, 6) is 1.67. The number of nitrogens with zero attached hydrogens (tertiary/aromatic N) is 4. The van der Waals surface area contributed by atoms with Crippen LogP contribution in [0.15, 0.2) is 80.6 Å². The summed E-state index contributed by atoms with van der Waals surface area (Å²) in [7, 11) is 0. The second kappa shape index (κ2) is 11.8. The molecule has 0 amide bonds. The van der Waals surface area contributed by atoms with Gasteiger partial charge in [-0.15, -0.1) is 0 Å². The maximum absolute atomic E-state index is 11.8. The van der Waals surface area contributed by atoms with Gasteiger partial charge in [0.2, 0.25) is 0 Å². The maximum Gasteiger partial charge on any atom is 0.341 e. The standard InChI is InChI=1S/C15H13BrN2O3.C15H14N2O3/c1-3-20-15(19)11-7-14(21-9(11)2)10-4-5-18-13(6-10)12(16)8-17-18;1-3-19-15(18)13-9-14(20-10(13)2)11-5-7-17-12(8-11)4-6-16-17/h4-8H,3H2,1-2H3;4-9H,3H2,1-2H3. The van der Waals surface area contributed by atoms with Gasteiger partial charge in [-0.2, -0.15) is 10.2 Å². The zero-order valence-corrected chi connectivity index (χ0v) is 24.5. The molecule has 0 aromatic carbocycles. The number of rotatable bonds is 6. The molecule has 0 saturated heterocycles. The van der Waals surface area contributed by atoms with Gasteiger partial charge in [0, 0.05) is 29.7 Å². The molecule has 0 spiro atoms. The summed E-state index contributed by atoms with van der Waals surface area (Å²) < 4.78 is 25.8. The minimum atomic E-state index is -0.364. The number of hydrogen-bond donors (Lipinski definition) is 0. The summed E-state index contributed by atoms with van der Waals surface area (Å²) in [5, 5.41) is 8.33. The van der Waals surface area contributed by atoms with Crippen LogP contribution in [0.2, 0.25) is 0 Å². The van der Waals surface area contributed by atoms with Gasteiger partial charge in [0.25, 0.3) is 0 Å². The van der Waals surface area contributed by atoms with Gasteiger partial charge in [-0.1, -0.05) is 0 Å². The van der Waals surface area contributed by atoms with Crippen molar-refractivity contribution in [1.82, 2.24) is 19.2 Å². The first kappa shape index (κ1) is 27.9. The van der Waals surface area contributed by atoms with Crippen molar-refractivity contribution in [2.45, 2.75) is 27.7 Å². The van der Waals surface area contributed by atoms with E-state index in [1.165, 1.54) is 0 Å². The van der Waals surface area contributed by atoms with Gasteiger partial charge in [0.15, 0.2) is 0 Å². The van der Waals surface area contributed by atoms with Crippen LogP contribution in [0.5, 0.6) is 0 Å². The maximum atomic E-state index is 11.8. The molecule has 0 aliphatic heterocycles. The van der Waals surface area contributed by atoms with Crippen LogP contribution in [0, 0.1) is 13.8 Å². The second-order valence-corrected chi connectivity index (χ2v) is 9.81. The van der Waals surface area contributed by atoms with Crippen LogP contribution < -0.4 is 0 Å². The Morgan fingerprint density at radius 1 is 0.805 bits per heavy atom. The molecule has 0 unspecified atom stereocenters. The van der Waals surface area contributed by atoms with Crippen LogP contribution in [-0.2, 0) is 9.47 Å². The summed E-state index contributed by atoms with van der Waals surface area (Å²) in [4.78, 5) is 23.6. The molecule has 0 aliphatic rings. The summed E-state index contributed by atoms with van der Waals surface area (Å²) in [6.45, 7) is 7.76. The summed E-state index contributed by atoms with van der Waals surface area (Å²) in [6.07, 6.45) is 7.16. The van der Waals surface area contributed by atoms with E-state index in [9.17, 15) is 9.59 Å². The van der Waals surface area contributed by atoms with Crippen molar-refractivity contribution in [1.29, 1.82) is 0 Å². The molecule has 6 aromatic heterocycles. The van der Waals surface area contributed by atoms with Crippen molar-refractivity contribution in [2.75, 3.05) is 13.2 Å². The third-order valence-corrected chi connectivity index (χ3v) is 6.88. The van der Waals surface area contributed by atoms with Gasteiger partial charge in [-0.3, -0.25) is 0 Å². The average Bonchev–Trinajstić information content (AvgIpc) is 3.75. The number of pyridine rings is 2. The quantitative estimate of drug-likeness (QED) is 0.185. The number of halogens is 1. The highest BCUT2D eigenvalue weighted by molar-refractivity contribution is 9.10. The van der Waals surface area contributed by atoms with E-state index in [0.29, 0.717) is 47.4 Å². The average molecular weight is 619 g/mol. The van der Waals surface area contributed by atoms with E-state index in [1.54, 1.807) is 61.3 Å². The zero-order chi connectivity index (χ0) is 29.1. The third kappa shape index (κ3) is 5.80. The Balaban J connectivity index is 0.000000165. The molecule has 6 rings (SSSR count). The predicted octanol–water partition coefficient (Wildman–Crippen LogP) is 6.92. The molecule has 210 valence electrons. The molecule has 0 atom stereocenters. The SMILES string of the molecule is CCOC(=O)c1cc(-c2ccn3ncc(Br)c3c2)oc1C.CCOC(=O)c1cc(-c2ccn3nccc3c2)oc1C. The van der Waals surface area contributed by atoms with Gasteiger partial charge in [-0.25, -0.2) is 18.6 Å². The van der Waals surface area contributed by atoms with Gasteiger partial charge in [0.05, 0.1) is 34.9 Å². The molecule has 0 aliphatic carbocycles. The number of hydrogen-bond acceptors (Lipinski definition) is 8. The summed E-state index contributed by atoms with van der Waals surface area (Å²) in [6, 6.07) is 13.0. The second-order valence-electron chi connectivity index (χ2n) is 8.96. The summed E-state index contributed by atoms with van der Waals surface area (Å²) in [5.41, 5.74) is 4.60. The molecule has 6 aromatic rings. The van der Waals surface area contributed by atoms with Crippen molar-refractivity contribution in [2.24, 2.45) is 0 Å². The summed E-state index contributed by atoms with van der Waals surface area (Å²) >= 11 is 3.45. The van der Waals surface area contributed by atoms with Gasteiger partial charge in [0.1, 0.15) is 34.2 Å². The first-order chi connectivity index (χ1) is 19.8. The predicted molar refractivity (Wildman–Crippen MR) is 155 cm³/mol. The van der Waals surface area contributed by atoms with E-state index in [0.717, 1.165) is 26.6 Å². The molecular weight excluding hydrogens is 592 g/mol. The Kier molecular flexibility index (Phi) is 8.06. The first-order valence-corrected chi connectivity index (χ1v) is 13.7. The lowest BCUT2D eigenvalue weighted by Gasteiger charge is -1.98. The Hall–Kier alpha value is -4.64. The smallest absolute Gasteiger partial charge is 0.341 e. The van der Waals surface area contributed by atoms with E-state index in [4.69, 9.17) is 18.3 Å². The van der Waals surface area contributed by atoms with Crippen molar-refractivity contribution in [3.8, 4) is 22.6 Å². The fourth-order valence-corrected chi connectivity index (χ4v) is 4.64. The van der Waals surface area contributed by atoms with E-state index in [2.05, 4.69) is 26.1 Å². The molecular formula is C30H27BrN4O6. The van der Waals surface area contributed by atoms with Crippen LogP contribution in [-0.4, -0.2) is 44.4 Å². The Labute approximate surface area is 243 Å². The number of aryl methyl sites for hydroxylation is 2. The normalized spacial score (nSPS) is 11.0. The highest BCUT2D eigenvalue weighted by Gasteiger charge is 2.18. The van der Waals surface area contributed by atoms with Crippen molar-refractivity contribution >= 4 is 38.9 Å². The van der Waals surface area contributed by atoms with Gasteiger partial charge in [-0.05, 0) is 86.1 Å². The van der Waals surface area contributed by atoms with E-state index in [1.807, 2.05) is 42.7 Å². The van der Waals surface area contributed by atoms with Crippen molar-refractivity contribution < 1.29 is 27.9 Å². The van der Waals surface area contributed by atoms with Crippen LogP contribution in [0.3, 0.4) is 0 Å². The topological polar surface area (TPSA) is 113 Å². The molecule has 0 saturated carbocycles. The number of carbonyl (C=O) groups is 2. The lowest BCUT2D eigenvalue weighted by Crippen LogP contribution is -2.04. The molecule has 41 heavy (non-hydrogen) atoms. The number of carbonyl (C=O) groups excluding carboxylic acids is 2.